The second-order valence-electron chi connectivity index (χ2n) is 3.94. The number of benzene rings is 1. The standard InChI is InChI=1S/C11H12ClFO2/c1-15-10-7(6-11(14)4-5-11)9(13)3-2-8(10)12/h2-3,14H,4-6H2,1H3. The lowest BCUT2D eigenvalue weighted by Crippen LogP contribution is -2.13. The first-order chi connectivity index (χ1) is 7.06. The van der Waals surface area contributed by atoms with Crippen LogP contribution in [-0.2, 0) is 6.42 Å². The zero-order chi connectivity index (χ0) is 11.1. The Morgan fingerprint density at radius 2 is 2.20 bits per heavy atom. The van der Waals surface area contributed by atoms with Crippen LogP contribution in [0.3, 0.4) is 0 Å². The van der Waals surface area contributed by atoms with Crippen molar-refractivity contribution in [3.63, 3.8) is 0 Å². The summed E-state index contributed by atoms with van der Waals surface area (Å²) in [5.74, 6) is -0.0476. The summed E-state index contributed by atoms with van der Waals surface area (Å²) in [5.41, 5.74) is -0.385. The summed E-state index contributed by atoms with van der Waals surface area (Å²) in [5, 5.41) is 10.1. The van der Waals surface area contributed by atoms with Crippen LogP contribution < -0.4 is 4.74 Å². The summed E-state index contributed by atoms with van der Waals surface area (Å²) >= 11 is 5.88. The lowest BCUT2D eigenvalue weighted by molar-refractivity contribution is 0.148. The van der Waals surface area contributed by atoms with Gasteiger partial charge < -0.3 is 9.84 Å². The molecule has 82 valence electrons. The van der Waals surface area contributed by atoms with E-state index in [2.05, 4.69) is 0 Å². The monoisotopic (exact) mass is 230 g/mol. The minimum Gasteiger partial charge on any atom is -0.495 e. The van der Waals surface area contributed by atoms with Crippen molar-refractivity contribution in [3.05, 3.63) is 28.5 Å². The van der Waals surface area contributed by atoms with E-state index in [0.717, 1.165) is 0 Å². The first-order valence-electron chi connectivity index (χ1n) is 4.79. The molecule has 0 amide bonds. The van der Waals surface area contributed by atoms with Gasteiger partial charge in [0.15, 0.2) is 0 Å². The Hall–Kier alpha value is -0.800. The number of aliphatic hydroxyl groups is 1. The predicted molar refractivity (Wildman–Crippen MR) is 55.8 cm³/mol. The van der Waals surface area contributed by atoms with E-state index in [1.807, 2.05) is 0 Å². The molecule has 0 bridgehead atoms. The molecule has 1 fully saturated rings. The molecular weight excluding hydrogens is 219 g/mol. The topological polar surface area (TPSA) is 29.5 Å². The van der Waals surface area contributed by atoms with Gasteiger partial charge in [0.2, 0.25) is 0 Å². The first kappa shape index (κ1) is 10.7. The molecule has 0 spiro atoms. The van der Waals surface area contributed by atoms with E-state index in [1.54, 1.807) is 0 Å². The lowest BCUT2D eigenvalue weighted by Gasteiger charge is -2.14. The van der Waals surface area contributed by atoms with Gasteiger partial charge in [-0.2, -0.15) is 0 Å². The first-order valence-corrected chi connectivity index (χ1v) is 5.17. The quantitative estimate of drug-likeness (QED) is 0.865. The summed E-state index contributed by atoms with van der Waals surface area (Å²) in [7, 11) is 1.45. The maximum absolute atomic E-state index is 13.5. The molecule has 1 aliphatic carbocycles. The van der Waals surface area contributed by atoms with Crippen LogP contribution in [0.25, 0.3) is 0 Å². The van der Waals surface area contributed by atoms with Crippen LogP contribution in [0.2, 0.25) is 5.02 Å². The van der Waals surface area contributed by atoms with Crippen LogP contribution in [0.5, 0.6) is 5.75 Å². The van der Waals surface area contributed by atoms with Crippen molar-refractivity contribution in [1.29, 1.82) is 0 Å². The molecule has 0 atom stereocenters. The van der Waals surface area contributed by atoms with Crippen molar-refractivity contribution in [3.8, 4) is 5.75 Å². The summed E-state index contributed by atoms with van der Waals surface area (Å²) in [4.78, 5) is 0. The average Bonchev–Trinajstić information content (AvgIpc) is 2.91. The van der Waals surface area contributed by atoms with Gasteiger partial charge in [0.1, 0.15) is 11.6 Å². The fourth-order valence-electron chi connectivity index (χ4n) is 1.61. The smallest absolute Gasteiger partial charge is 0.143 e. The maximum Gasteiger partial charge on any atom is 0.143 e. The van der Waals surface area contributed by atoms with Gasteiger partial charge in [-0.25, -0.2) is 4.39 Å². The SMILES string of the molecule is COc1c(Cl)ccc(F)c1CC1(O)CC1. The minimum absolute atomic E-state index is 0.266. The minimum atomic E-state index is -0.751. The highest BCUT2D eigenvalue weighted by atomic mass is 35.5. The summed E-state index contributed by atoms with van der Waals surface area (Å²) in [6.45, 7) is 0. The van der Waals surface area contributed by atoms with E-state index in [4.69, 9.17) is 16.3 Å². The zero-order valence-corrected chi connectivity index (χ0v) is 9.14. The Morgan fingerprint density at radius 3 is 2.73 bits per heavy atom. The number of hydrogen-bond acceptors (Lipinski definition) is 2. The third-order valence-electron chi connectivity index (χ3n) is 2.69. The molecule has 0 radical (unpaired) electrons. The van der Waals surface area contributed by atoms with E-state index in [9.17, 15) is 9.50 Å². The summed E-state index contributed by atoms with van der Waals surface area (Å²) in [6.07, 6.45) is 1.69. The Balaban J connectivity index is 2.38. The van der Waals surface area contributed by atoms with Crippen molar-refractivity contribution in [2.75, 3.05) is 7.11 Å². The van der Waals surface area contributed by atoms with E-state index in [-0.39, 0.29) is 12.2 Å². The third kappa shape index (κ3) is 2.08. The molecule has 0 unspecified atom stereocenters. The highest BCUT2D eigenvalue weighted by molar-refractivity contribution is 6.32. The van der Waals surface area contributed by atoms with Gasteiger partial charge in [-0.3, -0.25) is 0 Å². The highest BCUT2D eigenvalue weighted by Crippen LogP contribution is 2.42. The summed E-state index contributed by atoms with van der Waals surface area (Å²) < 4.78 is 18.6. The number of methoxy groups -OCH3 is 1. The Kier molecular flexibility index (Phi) is 2.61. The number of ether oxygens (including phenoxy) is 1. The number of rotatable bonds is 3. The van der Waals surface area contributed by atoms with Crippen LogP contribution in [0.1, 0.15) is 18.4 Å². The van der Waals surface area contributed by atoms with Crippen molar-refractivity contribution in [2.45, 2.75) is 24.9 Å². The van der Waals surface area contributed by atoms with Gasteiger partial charge >= 0.3 is 0 Å². The molecule has 0 aliphatic heterocycles. The van der Waals surface area contributed by atoms with Crippen LogP contribution >= 0.6 is 11.6 Å². The largest absolute Gasteiger partial charge is 0.495 e. The normalized spacial score (nSPS) is 17.6. The Labute approximate surface area is 92.6 Å². The molecule has 1 aliphatic rings. The molecule has 2 rings (SSSR count). The predicted octanol–water partition coefficient (Wildman–Crippen LogP) is 2.56. The molecule has 0 heterocycles. The van der Waals surface area contributed by atoms with Crippen LogP contribution in [0, 0.1) is 5.82 Å². The Morgan fingerprint density at radius 1 is 1.53 bits per heavy atom. The van der Waals surface area contributed by atoms with Gasteiger partial charge in [0.25, 0.3) is 0 Å². The van der Waals surface area contributed by atoms with Gasteiger partial charge in [-0.05, 0) is 25.0 Å². The van der Waals surface area contributed by atoms with Gasteiger partial charge in [0, 0.05) is 12.0 Å². The van der Waals surface area contributed by atoms with Crippen molar-refractivity contribution >= 4 is 11.6 Å². The highest BCUT2D eigenvalue weighted by Gasteiger charge is 2.41. The lowest BCUT2D eigenvalue weighted by atomic mass is 10.0. The molecular formula is C11H12ClFO2. The molecule has 15 heavy (non-hydrogen) atoms. The molecule has 2 nitrogen and oxygen atoms in total. The van der Waals surface area contributed by atoms with Gasteiger partial charge in [-0.15, -0.1) is 0 Å². The molecule has 1 aromatic carbocycles. The van der Waals surface area contributed by atoms with E-state index in [1.165, 1.54) is 19.2 Å². The molecule has 1 N–H and O–H groups in total. The molecule has 4 heteroatoms. The molecule has 0 aromatic heterocycles. The van der Waals surface area contributed by atoms with Crippen molar-refractivity contribution in [1.82, 2.24) is 0 Å². The van der Waals surface area contributed by atoms with Gasteiger partial charge in [-0.1, -0.05) is 11.6 Å². The van der Waals surface area contributed by atoms with E-state index in [0.29, 0.717) is 29.2 Å². The maximum atomic E-state index is 13.5. The molecule has 1 aromatic rings. The fraction of sp³-hybridized carbons (Fsp3) is 0.455. The Bertz CT molecular complexity index is 388. The zero-order valence-electron chi connectivity index (χ0n) is 8.39. The number of halogens is 2. The second-order valence-corrected chi connectivity index (χ2v) is 4.35. The average molecular weight is 231 g/mol. The van der Waals surface area contributed by atoms with Crippen LogP contribution in [-0.4, -0.2) is 17.8 Å². The van der Waals surface area contributed by atoms with E-state index >= 15 is 0 Å². The van der Waals surface area contributed by atoms with Crippen molar-refractivity contribution in [2.24, 2.45) is 0 Å². The van der Waals surface area contributed by atoms with Gasteiger partial charge in [0.05, 0.1) is 17.7 Å². The van der Waals surface area contributed by atoms with Crippen LogP contribution in [0.4, 0.5) is 4.39 Å². The number of hydrogen-bond donors (Lipinski definition) is 1. The van der Waals surface area contributed by atoms with Crippen molar-refractivity contribution < 1.29 is 14.2 Å². The van der Waals surface area contributed by atoms with Crippen LogP contribution in [0.15, 0.2) is 12.1 Å². The fourth-order valence-corrected chi connectivity index (χ4v) is 1.86. The second kappa shape index (κ2) is 3.65. The third-order valence-corrected chi connectivity index (χ3v) is 2.99. The molecule has 0 saturated heterocycles. The molecule has 1 saturated carbocycles. The van der Waals surface area contributed by atoms with E-state index < -0.39 is 5.60 Å². The summed E-state index contributed by atoms with van der Waals surface area (Å²) in [6, 6.07) is 2.75.